The van der Waals surface area contributed by atoms with E-state index in [-0.39, 0.29) is 4.90 Å². The van der Waals surface area contributed by atoms with Gasteiger partial charge >= 0.3 is 0 Å². The second kappa shape index (κ2) is 7.01. The van der Waals surface area contributed by atoms with Gasteiger partial charge < -0.3 is 14.2 Å². The molecule has 0 radical (unpaired) electrons. The lowest BCUT2D eigenvalue weighted by molar-refractivity contribution is 0.297. The molecule has 8 heteroatoms. The van der Waals surface area contributed by atoms with Crippen LogP contribution >= 0.6 is 11.6 Å². The third-order valence-corrected chi connectivity index (χ3v) is 5.52. The topological polar surface area (TPSA) is 73.9 Å². The monoisotopic (exact) mass is 383 g/mol. The van der Waals surface area contributed by atoms with Gasteiger partial charge in [-0.1, -0.05) is 11.6 Å². The van der Waals surface area contributed by atoms with Crippen molar-refractivity contribution in [1.29, 1.82) is 0 Å². The summed E-state index contributed by atoms with van der Waals surface area (Å²) >= 11 is 6.06. The number of methoxy groups -OCH3 is 1. The second-order valence-electron chi connectivity index (χ2n) is 5.57. The summed E-state index contributed by atoms with van der Waals surface area (Å²) in [5.74, 6) is 1.30. The molecule has 1 heterocycles. The lowest BCUT2D eigenvalue weighted by Gasteiger charge is -2.14. The van der Waals surface area contributed by atoms with Gasteiger partial charge in [0.1, 0.15) is 5.75 Å². The fourth-order valence-corrected chi connectivity index (χ4v) is 3.66. The Balaban J connectivity index is 1.95. The summed E-state index contributed by atoms with van der Waals surface area (Å²) in [6.07, 6.45) is 0.746. The Morgan fingerprint density at radius 3 is 2.56 bits per heavy atom. The molecule has 6 nitrogen and oxygen atoms in total. The normalized spacial score (nSPS) is 13.9. The molecule has 0 atom stereocenters. The lowest BCUT2D eigenvalue weighted by Crippen LogP contribution is -2.14. The summed E-state index contributed by atoms with van der Waals surface area (Å²) in [6, 6.07) is 7.73. The van der Waals surface area contributed by atoms with Gasteiger partial charge in [0.15, 0.2) is 11.5 Å². The van der Waals surface area contributed by atoms with Crippen LogP contribution in [0.1, 0.15) is 12.0 Å². The number of nitrogens with one attached hydrogen (secondary N) is 1. The summed E-state index contributed by atoms with van der Waals surface area (Å²) in [5.41, 5.74) is 1.05. The molecule has 0 aromatic heterocycles. The molecule has 0 saturated carbocycles. The van der Waals surface area contributed by atoms with E-state index in [9.17, 15) is 8.42 Å². The molecule has 3 rings (SSSR count). The summed E-state index contributed by atoms with van der Waals surface area (Å²) < 4.78 is 44.3. The highest BCUT2D eigenvalue weighted by Crippen LogP contribution is 2.35. The molecule has 25 heavy (non-hydrogen) atoms. The van der Waals surface area contributed by atoms with E-state index in [0.717, 1.165) is 12.0 Å². The highest BCUT2D eigenvalue weighted by atomic mass is 35.5. The smallest absolute Gasteiger partial charge is 0.262 e. The zero-order chi connectivity index (χ0) is 18.0. The average Bonchev–Trinajstić information content (AvgIpc) is 2.82. The number of halogens is 1. The fraction of sp³-hybridized carbons (Fsp3) is 0.294. The summed E-state index contributed by atoms with van der Waals surface area (Å²) in [4.78, 5) is 0.0754. The van der Waals surface area contributed by atoms with Crippen LogP contribution in [0.25, 0.3) is 0 Å². The molecule has 2 aromatic carbocycles. The van der Waals surface area contributed by atoms with Crippen LogP contribution in [-0.4, -0.2) is 28.7 Å². The minimum atomic E-state index is -3.83. The van der Waals surface area contributed by atoms with Gasteiger partial charge in [-0.3, -0.25) is 4.72 Å². The van der Waals surface area contributed by atoms with E-state index < -0.39 is 10.0 Å². The summed E-state index contributed by atoms with van der Waals surface area (Å²) in [6.45, 7) is 2.81. The van der Waals surface area contributed by atoms with Crippen LogP contribution < -0.4 is 18.9 Å². The number of rotatable bonds is 4. The maximum absolute atomic E-state index is 12.7. The van der Waals surface area contributed by atoms with Crippen molar-refractivity contribution in [3.05, 3.63) is 40.9 Å². The molecule has 2 aromatic rings. The maximum atomic E-state index is 12.7. The highest BCUT2D eigenvalue weighted by Gasteiger charge is 2.21. The van der Waals surface area contributed by atoms with Crippen LogP contribution in [0.5, 0.6) is 17.2 Å². The van der Waals surface area contributed by atoms with Crippen LogP contribution in [0.4, 0.5) is 5.69 Å². The van der Waals surface area contributed by atoms with Crippen molar-refractivity contribution in [1.82, 2.24) is 0 Å². The first-order valence-corrected chi connectivity index (χ1v) is 9.53. The SMILES string of the molecule is COc1cc(Cl)c(C)cc1NS(=O)(=O)c1ccc2c(c1)OCCCO2. The van der Waals surface area contributed by atoms with E-state index in [1.54, 1.807) is 25.1 Å². The molecule has 1 aliphatic heterocycles. The number of anilines is 1. The Hall–Kier alpha value is -2.12. The van der Waals surface area contributed by atoms with Gasteiger partial charge in [0.05, 0.1) is 30.9 Å². The second-order valence-corrected chi connectivity index (χ2v) is 7.66. The molecule has 0 fully saturated rings. The Morgan fingerprint density at radius 1 is 1.12 bits per heavy atom. The van der Waals surface area contributed by atoms with Gasteiger partial charge in [0, 0.05) is 23.6 Å². The Labute approximate surface area is 151 Å². The minimum Gasteiger partial charge on any atom is -0.495 e. The van der Waals surface area contributed by atoms with Crippen molar-refractivity contribution >= 4 is 27.3 Å². The molecule has 0 unspecified atom stereocenters. The van der Waals surface area contributed by atoms with E-state index >= 15 is 0 Å². The van der Waals surface area contributed by atoms with Crippen LogP contribution in [-0.2, 0) is 10.0 Å². The van der Waals surface area contributed by atoms with Crippen molar-refractivity contribution in [3.63, 3.8) is 0 Å². The Bertz CT molecular complexity index is 898. The number of benzene rings is 2. The van der Waals surface area contributed by atoms with Crippen molar-refractivity contribution in [2.24, 2.45) is 0 Å². The number of ether oxygens (including phenoxy) is 3. The van der Waals surface area contributed by atoms with Crippen molar-refractivity contribution in [2.75, 3.05) is 25.0 Å². The molecule has 0 aliphatic carbocycles. The average molecular weight is 384 g/mol. The van der Waals surface area contributed by atoms with Crippen LogP contribution in [0.3, 0.4) is 0 Å². The van der Waals surface area contributed by atoms with Crippen LogP contribution in [0, 0.1) is 6.92 Å². The van der Waals surface area contributed by atoms with E-state index in [0.29, 0.717) is 41.2 Å². The van der Waals surface area contributed by atoms with Crippen molar-refractivity contribution in [2.45, 2.75) is 18.2 Å². The first-order chi connectivity index (χ1) is 11.9. The zero-order valence-electron chi connectivity index (χ0n) is 13.8. The lowest BCUT2D eigenvalue weighted by atomic mass is 10.2. The van der Waals surface area contributed by atoms with Crippen molar-refractivity contribution < 1.29 is 22.6 Å². The molecule has 0 amide bonds. The third kappa shape index (κ3) is 3.77. The largest absolute Gasteiger partial charge is 0.495 e. The third-order valence-electron chi connectivity index (χ3n) is 3.75. The zero-order valence-corrected chi connectivity index (χ0v) is 15.4. The van der Waals surface area contributed by atoms with Crippen LogP contribution in [0.15, 0.2) is 35.2 Å². The van der Waals surface area contributed by atoms with Gasteiger partial charge in [-0.05, 0) is 30.7 Å². The highest BCUT2D eigenvalue weighted by molar-refractivity contribution is 7.92. The molecule has 0 bridgehead atoms. The van der Waals surface area contributed by atoms with Gasteiger partial charge in [0.25, 0.3) is 10.0 Å². The van der Waals surface area contributed by atoms with E-state index in [1.807, 2.05) is 0 Å². The number of hydrogen-bond acceptors (Lipinski definition) is 5. The number of hydrogen-bond donors (Lipinski definition) is 1. The summed E-state index contributed by atoms with van der Waals surface area (Å²) in [5, 5.41) is 0.496. The molecule has 0 saturated heterocycles. The quantitative estimate of drug-likeness (QED) is 0.872. The van der Waals surface area contributed by atoms with E-state index in [4.69, 9.17) is 25.8 Å². The first-order valence-electron chi connectivity index (χ1n) is 7.67. The molecular formula is C17H18ClNO5S. The molecular weight excluding hydrogens is 366 g/mol. The van der Waals surface area contributed by atoms with Gasteiger partial charge in [-0.15, -0.1) is 0 Å². The molecule has 0 spiro atoms. The maximum Gasteiger partial charge on any atom is 0.262 e. The van der Waals surface area contributed by atoms with Gasteiger partial charge in [-0.2, -0.15) is 0 Å². The molecule has 1 aliphatic rings. The van der Waals surface area contributed by atoms with Crippen molar-refractivity contribution in [3.8, 4) is 17.2 Å². The van der Waals surface area contributed by atoms with E-state index in [1.165, 1.54) is 19.2 Å². The first kappa shape index (κ1) is 17.7. The molecule has 1 N–H and O–H groups in total. The van der Waals surface area contributed by atoms with Gasteiger partial charge in [-0.25, -0.2) is 8.42 Å². The predicted molar refractivity (Wildman–Crippen MR) is 95.6 cm³/mol. The van der Waals surface area contributed by atoms with Crippen LogP contribution in [0.2, 0.25) is 5.02 Å². The van der Waals surface area contributed by atoms with E-state index in [2.05, 4.69) is 4.72 Å². The number of fused-ring (bicyclic) bond motifs is 1. The van der Waals surface area contributed by atoms with Gasteiger partial charge in [0.2, 0.25) is 0 Å². The minimum absolute atomic E-state index is 0.0754. The summed E-state index contributed by atoms with van der Waals surface area (Å²) in [7, 11) is -2.38. The Kier molecular flexibility index (Phi) is 4.96. The molecule has 134 valence electrons. The Morgan fingerprint density at radius 2 is 1.84 bits per heavy atom. The number of aryl methyl sites for hydroxylation is 1. The predicted octanol–water partition coefficient (Wildman–Crippen LogP) is 3.62. The number of sulfonamides is 1. The standard InChI is InChI=1S/C17H18ClNO5S/c1-11-8-14(16(22-2)10-13(11)18)19-25(20,21)12-4-5-15-17(9-12)24-7-3-6-23-15/h4-5,8-10,19H,3,6-7H2,1-2H3. The fourth-order valence-electron chi connectivity index (χ4n) is 2.43.